The summed E-state index contributed by atoms with van der Waals surface area (Å²) in [6.45, 7) is 1.32. The number of nitrogen functional groups attached to an aromatic ring is 1. The Labute approximate surface area is 132 Å². The number of hydrazone groups is 1. The molecule has 2 rings (SSSR count). The molecule has 2 aromatic rings. The standard InChI is InChI=1S/C12H14N6O3.ClH/c1-8(19)21-10-4-3-9(5-11(10)20-2)6-14-16-12-17-15-7-18(12)13;/h3-7H,13H2,1-2H3,(H,16,17);1H/p-1. The number of aromatic nitrogens is 3. The molecule has 0 bridgehead atoms. The first-order valence-electron chi connectivity index (χ1n) is 5.91. The molecular formula is C12H14ClN6O3-. The van der Waals surface area contributed by atoms with Gasteiger partial charge in [-0.2, -0.15) is 5.10 Å². The number of anilines is 1. The minimum absolute atomic E-state index is 0. The summed E-state index contributed by atoms with van der Waals surface area (Å²) in [6, 6.07) is 5.02. The maximum Gasteiger partial charge on any atom is 0.308 e. The maximum absolute atomic E-state index is 11.0. The minimum atomic E-state index is -0.418. The molecule has 0 saturated carbocycles. The average Bonchev–Trinajstić information content (AvgIpc) is 2.85. The van der Waals surface area contributed by atoms with Gasteiger partial charge in [-0.25, -0.2) is 10.1 Å². The van der Waals surface area contributed by atoms with E-state index in [9.17, 15) is 4.79 Å². The molecule has 0 spiro atoms. The minimum Gasteiger partial charge on any atom is -1.00 e. The van der Waals surface area contributed by atoms with Gasteiger partial charge in [0.05, 0.1) is 13.3 Å². The molecule has 9 nitrogen and oxygen atoms in total. The summed E-state index contributed by atoms with van der Waals surface area (Å²) in [5.41, 5.74) is 3.37. The summed E-state index contributed by atoms with van der Waals surface area (Å²) in [5, 5.41) is 11.3. The average molecular weight is 326 g/mol. The van der Waals surface area contributed by atoms with E-state index in [4.69, 9.17) is 15.3 Å². The van der Waals surface area contributed by atoms with Gasteiger partial charge in [-0.1, -0.05) is 0 Å². The van der Waals surface area contributed by atoms with Gasteiger partial charge in [0.15, 0.2) is 11.5 Å². The SMILES string of the molecule is COc1cc(C=NNc2nncn2N)ccc1OC(C)=O.[Cl-]. The molecule has 22 heavy (non-hydrogen) atoms. The van der Waals surface area contributed by atoms with Crippen LogP contribution in [0.4, 0.5) is 5.95 Å². The number of esters is 1. The molecule has 1 heterocycles. The van der Waals surface area contributed by atoms with Crippen LogP contribution in [0, 0.1) is 0 Å². The van der Waals surface area contributed by atoms with Crippen LogP contribution in [-0.2, 0) is 4.79 Å². The molecule has 3 N–H and O–H groups in total. The first-order chi connectivity index (χ1) is 10.1. The Kier molecular flexibility index (Phi) is 6.14. The maximum atomic E-state index is 11.0. The van der Waals surface area contributed by atoms with Gasteiger partial charge in [-0.15, -0.1) is 10.2 Å². The van der Waals surface area contributed by atoms with Gasteiger partial charge >= 0.3 is 5.97 Å². The Morgan fingerprint density at radius 3 is 2.82 bits per heavy atom. The summed E-state index contributed by atoms with van der Waals surface area (Å²) >= 11 is 0. The number of carbonyl (C=O) groups excluding carboxylic acids is 1. The lowest BCUT2D eigenvalue weighted by molar-refractivity contribution is -0.132. The van der Waals surface area contributed by atoms with E-state index in [0.717, 1.165) is 5.56 Å². The van der Waals surface area contributed by atoms with E-state index in [-0.39, 0.29) is 12.4 Å². The highest BCUT2D eigenvalue weighted by Crippen LogP contribution is 2.27. The fraction of sp³-hybridized carbons (Fsp3) is 0.167. The van der Waals surface area contributed by atoms with Crippen LogP contribution in [0.5, 0.6) is 11.5 Å². The van der Waals surface area contributed by atoms with Crippen molar-refractivity contribution < 1.29 is 26.7 Å². The molecule has 1 aromatic heterocycles. The Hall–Kier alpha value is -2.81. The zero-order valence-corrected chi connectivity index (χ0v) is 12.6. The van der Waals surface area contributed by atoms with Crippen molar-refractivity contribution in [3.05, 3.63) is 30.1 Å². The molecule has 0 fully saturated rings. The second kappa shape index (κ2) is 7.84. The van der Waals surface area contributed by atoms with Gasteiger partial charge in [0.2, 0.25) is 0 Å². The summed E-state index contributed by atoms with van der Waals surface area (Å²) in [4.78, 5) is 11.0. The summed E-state index contributed by atoms with van der Waals surface area (Å²) in [7, 11) is 1.48. The molecule has 0 unspecified atom stereocenters. The summed E-state index contributed by atoms with van der Waals surface area (Å²) in [5.74, 6) is 6.17. The molecule has 0 amide bonds. The van der Waals surface area contributed by atoms with Crippen LogP contribution in [0.3, 0.4) is 0 Å². The predicted molar refractivity (Wildman–Crippen MR) is 75.7 cm³/mol. The van der Waals surface area contributed by atoms with Gasteiger partial charge in [-0.05, 0) is 23.8 Å². The molecular weight excluding hydrogens is 312 g/mol. The zero-order valence-electron chi connectivity index (χ0n) is 11.9. The number of hydrogen-bond acceptors (Lipinski definition) is 8. The van der Waals surface area contributed by atoms with Gasteiger partial charge in [0, 0.05) is 6.92 Å². The Balaban J connectivity index is 0.00000242. The highest BCUT2D eigenvalue weighted by molar-refractivity contribution is 5.82. The van der Waals surface area contributed by atoms with E-state index in [1.54, 1.807) is 18.2 Å². The Morgan fingerprint density at radius 1 is 1.45 bits per heavy atom. The van der Waals surface area contributed by atoms with Crippen molar-refractivity contribution in [3.8, 4) is 11.5 Å². The lowest BCUT2D eigenvalue weighted by Gasteiger charge is -2.08. The molecule has 0 aliphatic rings. The number of nitrogens with two attached hydrogens (primary N) is 1. The molecule has 118 valence electrons. The van der Waals surface area contributed by atoms with E-state index in [1.165, 1.54) is 31.3 Å². The van der Waals surface area contributed by atoms with Crippen molar-refractivity contribution in [2.45, 2.75) is 6.92 Å². The van der Waals surface area contributed by atoms with Crippen LogP contribution in [-0.4, -0.2) is 34.2 Å². The quantitative estimate of drug-likeness (QED) is 0.203. The molecule has 0 saturated heterocycles. The number of halogens is 1. The number of nitrogens with one attached hydrogen (secondary N) is 1. The number of methoxy groups -OCH3 is 1. The number of benzene rings is 1. The zero-order chi connectivity index (χ0) is 15.2. The largest absolute Gasteiger partial charge is 1.00 e. The fourth-order valence-corrected chi connectivity index (χ4v) is 1.49. The van der Waals surface area contributed by atoms with Gasteiger partial charge in [0.25, 0.3) is 5.95 Å². The highest BCUT2D eigenvalue weighted by Gasteiger charge is 2.07. The molecule has 10 heteroatoms. The monoisotopic (exact) mass is 325 g/mol. The second-order valence-corrected chi connectivity index (χ2v) is 3.94. The predicted octanol–water partition coefficient (Wildman–Crippen LogP) is -2.62. The van der Waals surface area contributed by atoms with Crippen LogP contribution < -0.4 is 33.1 Å². The Morgan fingerprint density at radius 2 is 2.23 bits per heavy atom. The normalized spacial score (nSPS) is 10.1. The third-order valence-electron chi connectivity index (χ3n) is 2.39. The van der Waals surface area contributed by atoms with Crippen LogP contribution >= 0.6 is 0 Å². The van der Waals surface area contributed by atoms with E-state index in [2.05, 4.69) is 20.7 Å². The first kappa shape index (κ1) is 17.2. The van der Waals surface area contributed by atoms with Crippen LogP contribution in [0.1, 0.15) is 12.5 Å². The number of carbonyl (C=O) groups is 1. The van der Waals surface area contributed by atoms with Crippen molar-refractivity contribution in [3.63, 3.8) is 0 Å². The van der Waals surface area contributed by atoms with E-state index in [0.29, 0.717) is 17.4 Å². The van der Waals surface area contributed by atoms with Crippen LogP contribution in [0.2, 0.25) is 0 Å². The Bertz CT molecular complexity index is 673. The van der Waals surface area contributed by atoms with E-state index < -0.39 is 5.97 Å². The fourth-order valence-electron chi connectivity index (χ4n) is 1.49. The summed E-state index contributed by atoms with van der Waals surface area (Å²) < 4.78 is 11.4. The third kappa shape index (κ3) is 4.35. The van der Waals surface area contributed by atoms with Crippen molar-refractivity contribution >= 4 is 18.1 Å². The number of ether oxygens (including phenoxy) is 2. The third-order valence-corrected chi connectivity index (χ3v) is 2.39. The van der Waals surface area contributed by atoms with Gasteiger partial charge in [-0.3, -0.25) is 4.79 Å². The number of nitrogens with zero attached hydrogens (tertiary/aromatic N) is 4. The molecule has 0 aliphatic heterocycles. The van der Waals surface area contributed by atoms with E-state index in [1.807, 2.05) is 0 Å². The lowest BCUT2D eigenvalue weighted by atomic mass is 10.2. The topological polar surface area (TPSA) is 117 Å². The molecule has 0 radical (unpaired) electrons. The molecule has 0 aliphatic carbocycles. The lowest BCUT2D eigenvalue weighted by Crippen LogP contribution is -3.00. The second-order valence-electron chi connectivity index (χ2n) is 3.94. The summed E-state index contributed by atoms with van der Waals surface area (Å²) in [6.07, 6.45) is 2.88. The smallest absolute Gasteiger partial charge is 0.308 e. The van der Waals surface area contributed by atoms with Gasteiger partial charge in [0.1, 0.15) is 6.33 Å². The molecule has 1 aromatic carbocycles. The van der Waals surface area contributed by atoms with Gasteiger partial charge < -0.3 is 27.7 Å². The number of rotatable bonds is 5. The van der Waals surface area contributed by atoms with Crippen molar-refractivity contribution in [2.75, 3.05) is 18.4 Å². The molecule has 0 atom stereocenters. The van der Waals surface area contributed by atoms with Crippen LogP contribution in [0.15, 0.2) is 29.6 Å². The van der Waals surface area contributed by atoms with Crippen molar-refractivity contribution in [1.29, 1.82) is 0 Å². The van der Waals surface area contributed by atoms with Crippen molar-refractivity contribution in [2.24, 2.45) is 5.10 Å². The van der Waals surface area contributed by atoms with Crippen molar-refractivity contribution in [1.82, 2.24) is 14.9 Å². The highest BCUT2D eigenvalue weighted by atomic mass is 35.5. The van der Waals surface area contributed by atoms with Crippen LogP contribution in [0.25, 0.3) is 0 Å². The van der Waals surface area contributed by atoms with E-state index >= 15 is 0 Å². The first-order valence-corrected chi connectivity index (χ1v) is 5.91. The number of hydrogen-bond donors (Lipinski definition) is 2.